The number of hydrogen-bond acceptors (Lipinski definition) is 3. The fraction of sp³-hybridized carbons (Fsp3) is 0.167. The van der Waals surface area contributed by atoms with E-state index in [-0.39, 0.29) is 5.57 Å². The molecule has 0 bridgehead atoms. The first-order valence-corrected chi connectivity index (χ1v) is 4.54. The van der Waals surface area contributed by atoms with Crippen LogP contribution in [0.2, 0.25) is 0 Å². The Morgan fingerprint density at radius 1 is 1.56 bits per heavy atom. The van der Waals surface area contributed by atoms with E-state index in [2.05, 4.69) is 0 Å². The first-order chi connectivity index (χ1) is 7.63. The van der Waals surface area contributed by atoms with Crippen molar-refractivity contribution < 1.29 is 13.9 Å². The number of methoxy groups -OCH3 is 1. The highest BCUT2D eigenvalue weighted by molar-refractivity contribution is 5.93. The van der Waals surface area contributed by atoms with E-state index in [1.54, 1.807) is 13.0 Å². The van der Waals surface area contributed by atoms with Gasteiger partial charge in [-0.15, -0.1) is 0 Å². The third-order valence-electron chi connectivity index (χ3n) is 2.21. The summed E-state index contributed by atoms with van der Waals surface area (Å²) < 4.78 is 17.9. The van der Waals surface area contributed by atoms with Crippen molar-refractivity contribution in [1.29, 1.82) is 5.26 Å². The summed E-state index contributed by atoms with van der Waals surface area (Å²) in [6.07, 6.45) is 0.470. The van der Waals surface area contributed by atoms with E-state index in [4.69, 9.17) is 10.00 Å². The zero-order valence-corrected chi connectivity index (χ0v) is 8.95. The van der Waals surface area contributed by atoms with Crippen LogP contribution in [-0.4, -0.2) is 13.4 Å². The average molecular weight is 219 g/mol. The standard InChI is InChI=1S/C12H10FNO2/c1-8(9(6-14)7-15)11-4-3-10(13)5-12(11)16-2/h3-5,7H,1-2H3/b9-8-. The molecule has 0 saturated heterocycles. The third-order valence-corrected chi connectivity index (χ3v) is 2.21. The Kier molecular flexibility index (Phi) is 3.78. The average Bonchev–Trinajstić information content (AvgIpc) is 2.30. The Bertz CT molecular complexity index is 486. The first-order valence-electron chi connectivity index (χ1n) is 4.54. The molecule has 1 rings (SSSR count). The van der Waals surface area contributed by atoms with Crippen molar-refractivity contribution in [2.24, 2.45) is 0 Å². The van der Waals surface area contributed by atoms with E-state index in [9.17, 15) is 9.18 Å². The van der Waals surface area contributed by atoms with Gasteiger partial charge in [0.25, 0.3) is 0 Å². The summed E-state index contributed by atoms with van der Waals surface area (Å²) in [5, 5.41) is 8.72. The van der Waals surface area contributed by atoms with Crippen molar-refractivity contribution in [3.8, 4) is 11.8 Å². The minimum atomic E-state index is -0.432. The van der Waals surface area contributed by atoms with Gasteiger partial charge in [-0.25, -0.2) is 4.39 Å². The molecule has 16 heavy (non-hydrogen) atoms. The summed E-state index contributed by atoms with van der Waals surface area (Å²) >= 11 is 0. The number of carbonyl (C=O) groups excluding carboxylic acids is 1. The highest BCUT2D eigenvalue weighted by atomic mass is 19.1. The van der Waals surface area contributed by atoms with Crippen molar-refractivity contribution in [1.82, 2.24) is 0 Å². The Balaban J connectivity index is 3.39. The number of allylic oxidation sites excluding steroid dienone is 2. The molecule has 0 N–H and O–H groups in total. The molecule has 0 amide bonds. The molecule has 4 heteroatoms. The van der Waals surface area contributed by atoms with Crippen LogP contribution in [0, 0.1) is 17.1 Å². The third kappa shape index (κ3) is 2.26. The van der Waals surface area contributed by atoms with Crippen LogP contribution in [-0.2, 0) is 4.79 Å². The van der Waals surface area contributed by atoms with Crippen molar-refractivity contribution in [3.05, 3.63) is 35.2 Å². The highest BCUT2D eigenvalue weighted by Gasteiger charge is 2.10. The normalized spacial score (nSPS) is 11.4. The Morgan fingerprint density at radius 3 is 2.75 bits per heavy atom. The number of carbonyl (C=O) groups is 1. The van der Waals surface area contributed by atoms with Crippen LogP contribution in [0.15, 0.2) is 23.8 Å². The lowest BCUT2D eigenvalue weighted by molar-refractivity contribution is -0.104. The molecule has 82 valence electrons. The van der Waals surface area contributed by atoms with Gasteiger partial charge in [0.05, 0.1) is 12.7 Å². The molecule has 0 aliphatic carbocycles. The maximum atomic E-state index is 12.9. The van der Waals surface area contributed by atoms with Crippen LogP contribution in [0.5, 0.6) is 5.75 Å². The van der Waals surface area contributed by atoms with E-state index in [1.165, 1.54) is 25.3 Å². The molecule has 0 atom stereocenters. The van der Waals surface area contributed by atoms with E-state index in [0.717, 1.165) is 0 Å². The van der Waals surface area contributed by atoms with Crippen LogP contribution in [0.25, 0.3) is 5.57 Å². The van der Waals surface area contributed by atoms with Crippen molar-refractivity contribution >= 4 is 11.9 Å². The summed E-state index contributed by atoms with van der Waals surface area (Å²) in [7, 11) is 1.40. The van der Waals surface area contributed by atoms with Gasteiger partial charge >= 0.3 is 0 Å². The van der Waals surface area contributed by atoms with E-state index < -0.39 is 5.82 Å². The van der Waals surface area contributed by atoms with E-state index in [0.29, 0.717) is 23.2 Å². The fourth-order valence-electron chi connectivity index (χ4n) is 1.32. The van der Waals surface area contributed by atoms with Gasteiger partial charge in [-0.3, -0.25) is 4.79 Å². The van der Waals surface area contributed by atoms with Gasteiger partial charge in [-0.2, -0.15) is 5.26 Å². The van der Waals surface area contributed by atoms with Gasteiger partial charge in [0.2, 0.25) is 0 Å². The highest BCUT2D eigenvalue weighted by Crippen LogP contribution is 2.28. The van der Waals surface area contributed by atoms with Crippen molar-refractivity contribution in [2.45, 2.75) is 6.92 Å². The Hall–Kier alpha value is -2.15. The van der Waals surface area contributed by atoms with Crippen molar-refractivity contribution in [2.75, 3.05) is 7.11 Å². The first kappa shape index (κ1) is 11.9. The quantitative estimate of drug-likeness (QED) is 0.445. The number of benzene rings is 1. The number of nitrogens with zero attached hydrogens (tertiary/aromatic N) is 1. The molecule has 0 aliphatic rings. The number of halogens is 1. The Morgan fingerprint density at radius 2 is 2.25 bits per heavy atom. The van der Waals surface area contributed by atoms with Gasteiger partial charge in [0.15, 0.2) is 6.29 Å². The summed E-state index contributed by atoms with van der Waals surface area (Å²) in [6.45, 7) is 1.61. The van der Waals surface area contributed by atoms with Gasteiger partial charge in [-0.1, -0.05) is 0 Å². The van der Waals surface area contributed by atoms with Crippen LogP contribution in [0.4, 0.5) is 4.39 Å². The molecule has 0 radical (unpaired) electrons. The summed E-state index contributed by atoms with van der Waals surface area (Å²) in [5.74, 6) is -0.134. The SMILES string of the molecule is COc1cc(F)ccc1/C(C)=C(/C#N)C=O. The second-order valence-corrected chi connectivity index (χ2v) is 3.11. The van der Waals surface area contributed by atoms with Gasteiger partial charge in [0.1, 0.15) is 17.6 Å². The lowest BCUT2D eigenvalue weighted by Gasteiger charge is -2.08. The molecule has 0 aromatic heterocycles. The number of rotatable bonds is 3. The number of nitriles is 1. The topological polar surface area (TPSA) is 50.1 Å². The number of hydrogen-bond donors (Lipinski definition) is 0. The maximum absolute atomic E-state index is 12.9. The largest absolute Gasteiger partial charge is 0.496 e. The molecule has 0 unspecified atom stereocenters. The smallest absolute Gasteiger partial charge is 0.160 e. The van der Waals surface area contributed by atoms with Crippen molar-refractivity contribution in [3.63, 3.8) is 0 Å². The number of ether oxygens (including phenoxy) is 1. The monoisotopic (exact) mass is 219 g/mol. The molecule has 1 aromatic rings. The van der Waals surface area contributed by atoms with Crippen LogP contribution >= 0.6 is 0 Å². The minimum Gasteiger partial charge on any atom is -0.496 e. The second-order valence-electron chi connectivity index (χ2n) is 3.11. The van der Waals surface area contributed by atoms with Gasteiger partial charge in [0, 0.05) is 11.6 Å². The molecule has 0 fully saturated rings. The molecule has 0 heterocycles. The van der Waals surface area contributed by atoms with Gasteiger partial charge < -0.3 is 4.74 Å². The van der Waals surface area contributed by atoms with E-state index >= 15 is 0 Å². The predicted octanol–water partition coefficient (Wildman–Crippen LogP) is 2.33. The molecule has 0 aliphatic heterocycles. The van der Waals surface area contributed by atoms with Gasteiger partial charge in [-0.05, 0) is 24.6 Å². The molecule has 0 saturated carbocycles. The summed E-state index contributed by atoms with van der Waals surface area (Å²) in [4.78, 5) is 10.6. The summed E-state index contributed by atoms with van der Waals surface area (Å²) in [6, 6.07) is 5.71. The lowest BCUT2D eigenvalue weighted by Crippen LogP contribution is -1.94. The predicted molar refractivity (Wildman–Crippen MR) is 57.2 cm³/mol. The number of aldehydes is 1. The maximum Gasteiger partial charge on any atom is 0.160 e. The lowest BCUT2D eigenvalue weighted by atomic mass is 10.0. The molecule has 1 aromatic carbocycles. The van der Waals surface area contributed by atoms with Crippen LogP contribution in [0.3, 0.4) is 0 Å². The van der Waals surface area contributed by atoms with Crippen LogP contribution < -0.4 is 4.74 Å². The van der Waals surface area contributed by atoms with Crippen LogP contribution in [0.1, 0.15) is 12.5 Å². The molecule has 3 nitrogen and oxygen atoms in total. The zero-order chi connectivity index (χ0) is 12.1. The molecular weight excluding hydrogens is 209 g/mol. The molecular formula is C12H10FNO2. The zero-order valence-electron chi connectivity index (χ0n) is 8.95. The fourth-order valence-corrected chi connectivity index (χ4v) is 1.32. The van der Waals surface area contributed by atoms with E-state index in [1.807, 2.05) is 0 Å². The second kappa shape index (κ2) is 5.08. The Labute approximate surface area is 92.8 Å². The molecule has 0 spiro atoms. The minimum absolute atomic E-state index is 0.00454. The summed E-state index contributed by atoms with van der Waals surface area (Å²) in [5.41, 5.74) is 1.01.